The third-order valence-electron chi connectivity index (χ3n) is 3.81. The first-order valence-corrected chi connectivity index (χ1v) is 7.39. The Bertz CT molecular complexity index is 709. The summed E-state index contributed by atoms with van der Waals surface area (Å²) in [5.41, 5.74) is 0.424. The highest BCUT2D eigenvalue weighted by atomic mass is 35.5. The number of fused-ring (bicyclic) bond motifs is 1. The molecule has 1 aromatic carbocycles. The van der Waals surface area contributed by atoms with Crippen LogP contribution < -0.4 is 0 Å². The molecule has 1 N–H and O–H groups in total. The van der Waals surface area contributed by atoms with Crippen LogP contribution in [-0.4, -0.2) is 37.9 Å². The number of aliphatic hydroxyl groups is 1. The molecular weight excluding hydrogens is 333 g/mol. The summed E-state index contributed by atoms with van der Waals surface area (Å²) in [6, 6.07) is 3.80. The van der Waals surface area contributed by atoms with Crippen molar-refractivity contribution in [1.82, 2.24) is 19.7 Å². The lowest BCUT2D eigenvalue weighted by Gasteiger charge is -2.29. The number of halogens is 4. The van der Waals surface area contributed by atoms with Crippen LogP contribution in [0.4, 0.5) is 13.2 Å². The second-order valence-electron chi connectivity index (χ2n) is 5.34. The number of hydrogen-bond acceptors (Lipinski definition) is 4. The van der Waals surface area contributed by atoms with Gasteiger partial charge in [-0.2, -0.15) is 0 Å². The van der Waals surface area contributed by atoms with Crippen LogP contribution in [0.5, 0.6) is 0 Å². The third kappa shape index (κ3) is 3.34. The summed E-state index contributed by atoms with van der Waals surface area (Å²) < 4.78 is 40.0. The zero-order chi connectivity index (χ0) is 16.6. The van der Waals surface area contributed by atoms with Crippen LogP contribution >= 0.6 is 11.6 Å². The highest BCUT2D eigenvalue weighted by Gasteiger charge is 2.26. The molecule has 1 atom stereocenters. The molecule has 1 aliphatic rings. The van der Waals surface area contributed by atoms with Crippen LogP contribution in [0.15, 0.2) is 18.2 Å². The average molecular weight is 347 g/mol. The van der Waals surface area contributed by atoms with E-state index in [0.717, 1.165) is 6.07 Å². The molecule has 23 heavy (non-hydrogen) atoms. The monoisotopic (exact) mass is 346 g/mol. The SMILES string of the molecule is O[C@H](CN1CCn2c(nnc2C(F)F)C1)c1ccc(F)cc1Cl. The van der Waals surface area contributed by atoms with Gasteiger partial charge in [-0.1, -0.05) is 17.7 Å². The Morgan fingerprint density at radius 3 is 2.74 bits per heavy atom. The number of benzene rings is 1. The van der Waals surface area contributed by atoms with Gasteiger partial charge < -0.3 is 9.67 Å². The summed E-state index contributed by atoms with van der Waals surface area (Å²) in [4.78, 5) is 1.86. The molecule has 0 spiro atoms. The molecule has 0 saturated carbocycles. The maximum Gasteiger partial charge on any atom is 0.297 e. The number of β-amino-alcohol motifs (C(OH)–C–C–N with tert-alkyl or cyclic N) is 1. The summed E-state index contributed by atoms with van der Waals surface area (Å²) >= 11 is 5.93. The fraction of sp³-hybridized carbons (Fsp3) is 0.429. The minimum atomic E-state index is -2.66. The molecule has 0 radical (unpaired) electrons. The third-order valence-corrected chi connectivity index (χ3v) is 4.14. The molecule has 0 unspecified atom stereocenters. The van der Waals surface area contributed by atoms with E-state index in [2.05, 4.69) is 10.2 Å². The first-order chi connectivity index (χ1) is 11.0. The predicted molar refractivity (Wildman–Crippen MR) is 76.6 cm³/mol. The van der Waals surface area contributed by atoms with Gasteiger partial charge >= 0.3 is 0 Å². The highest BCUT2D eigenvalue weighted by molar-refractivity contribution is 6.31. The summed E-state index contributed by atoms with van der Waals surface area (Å²) in [7, 11) is 0. The van der Waals surface area contributed by atoms with Crippen molar-refractivity contribution in [3.8, 4) is 0 Å². The Morgan fingerprint density at radius 1 is 1.26 bits per heavy atom. The topological polar surface area (TPSA) is 54.2 Å². The van der Waals surface area contributed by atoms with Gasteiger partial charge in [0.1, 0.15) is 11.6 Å². The lowest BCUT2D eigenvalue weighted by molar-refractivity contribution is 0.0910. The van der Waals surface area contributed by atoms with E-state index >= 15 is 0 Å². The van der Waals surface area contributed by atoms with Gasteiger partial charge in [-0.3, -0.25) is 4.90 Å². The zero-order valence-corrected chi connectivity index (χ0v) is 12.7. The van der Waals surface area contributed by atoms with E-state index in [1.54, 1.807) is 0 Å². The fourth-order valence-electron chi connectivity index (χ4n) is 2.66. The van der Waals surface area contributed by atoms with Crippen molar-refractivity contribution in [1.29, 1.82) is 0 Å². The Hall–Kier alpha value is -1.64. The van der Waals surface area contributed by atoms with E-state index in [4.69, 9.17) is 11.6 Å². The number of rotatable bonds is 4. The predicted octanol–water partition coefficient (Wildman–Crippen LogP) is 2.56. The summed E-state index contributed by atoms with van der Waals surface area (Å²) in [5, 5.41) is 17.7. The lowest BCUT2D eigenvalue weighted by atomic mass is 10.1. The van der Waals surface area contributed by atoms with E-state index in [9.17, 15) is 18.3 Å². The molecule has 9 heteroatoms. The molecule has 1 aliphatic heterocycles. The van der Waals surface area contributed by atoms with E-state index in [1.165, 1.54) is 16.7 Å². The second kappa shape index (κ2) is 6.46. The molecule has 3 rings (SSSR count). The average Bonchev–Trinajstić information content (AvgIpc) is 2.90. The summed E-state index contributed by atoms with van der Waals surface area (Å²) in [6.07, 6.45) is -3.57. The molecule has 5 nitrogen and oxygen atoms in total. The molecule has 1 aromatic heterocycles. The number of aliphatic hydroxyl groups excluding tert-OH is 1. The van der Waals surface area contributed by atoms with Gasteiger partial charge in [0, 0.05) is 30.2 Å². The fourth-order valence-corrected chi connectivity index (χ4v) is 2.96. The maximum atomic E-state index is 13.0. The normalized spacial score (nSPS) is 16.6. The van der Waals surface area contributed by atoms with E-state index in [0.29, 0.717) is 31.0 Å². The van der Waals surface area contributed by atoms with Gasteiger partial charge in [0.05, 0.1) is 12.6 Å². The van der Waals surface area contributed by atoms with Crippen molar-refractivity contribution in [3.63, 3.8) is 0 Å². The van der Waals surface area contributed by atoms with Crippen LogP contribution in [0.1, 0.15) is 29.7 Å². The number of aromatic nitrogens is 3. The van der Waals surface area contributed by atoms with Gasteiger partial charge in [0.25, 0.3) is 6.43 Å². The first kappa shape index (κ1) is 16.2. The van der Waals surface area contributed by atoms with Gasteiger partial charge in [-0.15, -0.1) is 10.2 Å². The second-order valence-corrected chi connectivity index (χ2v) is 5.75. The Balaban J connectivity index is 1.69. The first-order valence-electron chi connectivity index (χ1n) is 7.01. The minimum Gasteiger partial charge on any atom is -0.387 e. The molecule has 2 aromatic rings. The molecule has 2 heterocycles. The molecule has 0 bridgehead atoms. The Morgan fingerprint density at radius 2 is 2.04 bits per heavy atom. The number of alkyl halides is 2. The molecule has 0 amide bonds. The Labute approximate surface area is 135 Å². The van der Waals surface area contributed by atoms with Crippen molar-refractivity contribution < 1.29 is 18.3 Å². The number of nitrogens with zero attached hydrogens (tertiary/aromatic N) is 4. The lowest BCUT2D eigenvalue weighted by Crippen LogP contribution is -2.37. The molecule has 0 fully saturated rings. The van der Waals surface area contributed by atoms with Crippen molar-refractivity contribution >= 4 is 11.6 Å². The summed E-state index contributed by atoms with van der Waals surface area (Å²) in [6.45, 7) is 1.34. The van der Waals surface area contributed by atoms with Gasteiger partial charge in [0.2, 0.25) is 0 Å². The Kier molecular flexibility index (Phi) is 4.56. The quantitative estimate of drug-likeness (QED) is 0.924. The standard InChI is InChI=1S/C14H14ClF3N4O/c15-10-5-8(16)1-2-9(10)11(23)6-21-3-4-22-12(7-21)19-20-14(22)13(17)18/h1-2,5,11,13,23H,3-4,6-7H2/t11-/m1/s1. The van der Waals surface area contributed by atoms with Crippen molar-refractivity contribution in [2.45, 2.75) is 25.6 Å². The van der Waals surface area contributed by atoms with Gasteiger partial charge in [-0.05, 0) is 12.1 Å². The smallest absolute Gasteiger partial charge is 0.297 e. The van der Waals surface area contributed by atoms with Crippen molar-refractivity contribution in [2.75, 3.05) is 13.1 Å². The van der Waals surface area contributed by atoms with Crippen LogP contribution in [0.25, 0.3) is 0 Å². The van der Waals surface area contributed by atoms with Crippen LogP contribution in [0.3, 0.4) is 0 Å². The molecule has 124 valence electrons. The molecule has 0 saturated heterocycles. The van der Waals surface area contributed by atoms with Gasteiger partial charge in [-0.25, -0.2) is 13.2 Å². The largest absolute Gasteiger partial charge is 0.387 e. The maximum absolute atomic E-state index is 13.0. The highest BCUT2D eigenvalue weighted by Crippen LogP contribution is 2.26. The number of hydrogen-bond donors (Lipinski definition) is 1. The van der Waals surface area contributed by atoms with E-state index < -0.39 is 18.3 Å². The molecular formula is C14H14ClF3N4O. The minimum absolute atomic E-state index is 0.151. The van der Waals surface area contributed by atoms with E-state index in [1.807, 2.05) is 4.90 Å². The zero-order valence-electron chi connectivity index (χ0n) is 12.0. The van der Waals surface area contributed by atoms with Crippen molar-refractivity contribution in [3.05, 3.63) is 46.3 Å². The van der Waals surface area contributed by atoms with Gasteiger partial charge in [0.15, 0.2) is 5.82 Å². The summed E-state index contributed by atoms with van der Waals surface area (Å²) in [5.74, 6) is -0.373. The van der Waals surface area contributed by atoms with Crippen molar-refractivity contribution in [2.24, 2.45) is 0 Å². The van der Waals surface area contributed by atoms with Crippen LogP contribution in [-0.2, 0) is 13.1 Å². The molecule has 0 aliphatic carbocycles. The van der Waals surface area contributed by atoms with Crippen LogP contribution in [0.2, 0.25) is 5.02 Å². The van der Waals surface area contributed by atoms with Crippen LogP contribution in [0, 0.1) is 5.82 Å². The van der Waals surface area contributed by atoms with E-state index in [-0.39, 0.29) is 17.4 Å².